The number of aromatic nitrogens is 2. The van der Waals surface area contributed by atoms with Crippen LogP contribution in [0.25, 0.3) is 0 Å². The molecule has 1 aromatic heterocycles. The summed E-state index contributed by atoms with van der Waals surface area (Å²) in [6.07, 6.45) is 0. The molecule has 0 bridgehead atoms. The molecule has 0 spiro atoms. The number of rotatable bonds is 6. The van der Waals surface area contributed by atoms with Gasteiger partial charge in [-0.3, -0.25) is 0 Å². The zero-order chi connectivity index (χ0) is 23.8. The highest BCUT2D eigenvalue weighted by molar-refractivity contribution is 7.89. The van der Waals surface area contributed by atoms with Gasteiger partial charge < -0.3 is 4.42 Å². The third-order valence-corrected chi connectivity index (χ3v) is 7.61. The zero-order valence-electron chi connectivity index (χ0n) is 17.7. The number of sulfonamides is 1. The summed E-state index contributed by atoms with van der Waals surface area (Å²) in [6, 6.07) is 7.34. The Morgan fingerprint density at radius 3 is 2.56 bits per heavy atom. The number of halogens is 2. The lowest BCUT2D eigenvalue weighted by Gasteiger charge is -2.31. The van der Waals surface area contributed by atoms with Crippen LogP contribution < -0.4 is 5.76 Å². The molecule has 0 saturated heterocycles. The Balaban J connectivity index is 2.21. The van der Waals surface area contributed by atoms with Crippen LogP contribution in [0.15, 0.2) is 44.4 Å². The fourth-order valence-electron chi connectivity index (χ4n) is 3.69. The standard InChI is InChI=1S/C21H20ClFN4O4S/c1-11-5-7-16(23)18(12(11)2)13(3)19(20-25-26-21(28)31-20)27(4)32(29,30)17-8-6-15(22)9-14(17)10-24/h5-9,13,19H,1-4H3,(H,26,28)/t13-,19+/m1/s1. The van der Waals surface area contributed by atoms with Crippen molar-refractivity contribution in [1.29, 1.82) is 5.26 Å². The highest BCUT2D eigenvalue weighted by Gasteiger charge is 2.39. The van der Waals surface area contributed by atoms with Crippen LogP contribution in [0.3, 0.4) is 0 Å². The molecule has 0 saturated carbocycles. The first-order valence-corrected chi connectivity index (χ1v) is 11.3. The maximum atomic E-state index is 14.9. The summed E-state index contributed by atoms with van der Waals surface area (Å²) >= 11 is 5.90. The average molecular weight is 479 g/mol. The predicted octanol–water partition coefficient (Wildman–Crippen LogP) is 3.81. The second kappa shape index (κ2) is 8.86. The molecule has 8 nitrogen and oxygen atoms in total. The van der Waals surface area contributed by atoms with E-state index in [0.29, 0.717) is 5.56 Å². The van der Waals surface area contributed by atoms with E-state index in [1.165, 1.54) is 31.3 Å². The van der Waals surface area contributed by atoms with E-state index in [1.807, 2.05) is 13.0 Å². The highest BCUT2D eigenvalue weighted by Crippen LogP contribution is 2.40. The summed E-state index contributed by atoms with van der Waals surface area (Å²) in [5.74, 6) is -2.45. The van der Waals surface area contributed by atoms with Crippen molar-refractivity contribution in [2.75, 3.05) is 7.05 Å². The third kappa shape index (κ3) is 4.19. The number of nitrogens with zero attached hydrogens (tertiary/aromatic N) is 3. The van der Waals surface area contributed by atoms with Gasteiger partial charge in [-0.15, -0.1) is 5.10 Å². The van der Waals surface area contributed by atoms with Crippen molar-refractivity contribution in [1.82, 2.24) is 14.5 Å². The summed E-state index contributed by atoms with van der Waals surface area (Å²) in [4.78, 5) is 11.3. The number of likely N-dealkylation sites (N-methyl/N-ethyl adjacent to an activating group) is 1. The summed E-state index contributed by atoms with van der Waals surface area (Å²) in [6.45, 7) is 5.15. The van der Waals surface area contributed by atoms with Crippen LogP contribution in [0.4, 0.5) is 4.39 Å². The van der Waals surface area contributed by atoms with Crippen molar-refractivity contribution in [3.05, 3.63) is 79.9 Å². The van der Waals surface area contributed by atoms with Gasteiger partial charge in [-0.05, 0) is 54.8 Å². The van der Waals surface area contributed by atoms with Gasteiger partial charge in [-0.1, -0.05) is 24.6 Å². The molecule has 0 aliphatic rings. The molecular formula is C21H20ClFN4O4S. The first-order chi connectivity index (χ1) is 15.0. The van der Waals surface area contributed by atoms with Crippen molar-refractivity contribution in [2.24, 2.45) is 0 Å². The van der Waals surface area contributed by atoms with Gasteiger partial charge in [0.15, 0.2) is 0 Å². The number of nitriles is 1. The molecule has 0 fully saturated rings. The van der Waals surface area contributed by atoms with Gasteiger partial charge in [0.1, 0.15) is 22.8 Å². The lowest BCUT2D eigenvalue weighted by Crippen LogP contribution is -2.35. The van der Waals surface area contributed by atoms with Crippen molar-refractivity contribution in [3.63, 3.8) is 0 Å². The first-order valence-electron chi connectivity index (χ1n) is 9.47. The van der Waals surface area contributed by atoms with E-state index in [9.17, 15) is 22.9 Å². The van der Waals surface area contributed by atoms with Crippen LogP contribution in [0.2, 0.25) is 5.02 Å². The molecule has 0 unspecified atom stereocenters. The van der Waals surface area contributed by atoms with Gasteiger partial charge in [-0.2, -0.15) is 9.57 Å². The third-order valence-electron chi connectivity index (χ3n) is 5.48. The van der Waals surface area contributed by atoms with Crippen LogP contribution in [-0.2, 0) is 10.0 Å². The molecule has 1 N–H and O–H groups in total. The molecule has 168 valence electrons. The van der Waals surface area contributed by atoms with E-state index in [2.05, 4.69) is 10.2 Å². The van der Waals surface area contributed by atoms with E-state index in [1.54, 1.807) is 19.9 Å². The molecule has 3 rings (SSSR count). The number of hydrogen-bond donors (Lipinski definition) is 1. The predicted molar refractivity (Wildman–Crippen MR) is 115 cm³/mol. The van der Waals surface area contributed by atoms with Crippen LogP contribution in [0.1, 0.15) is 47.0 Å². The lowest BCUT2D eigenvalue weighted by atomic mass is 9.87. The number of aryl methyl sites for hydroxylation is 1. The molecular weight excluding hydrogens is 459 g/mol. The van der Waals surface area contributed by atoms with Gasteiger partial charge in [0.25, 0.3) is 0 Å². The molecule has 0 radical (unpaired) electrons. The fourth-order valence-corrected chi connectivity index (χ4v) is 5.37. The van der Waals surface area contributed by atoms with Crippen LogP contribution >= 0.6 is 11.6 Å². The fraction of sp³-hybridized carbons (Fsp3) is 0.286. The molecule has 0 amide bonds. The van der Waals surface area contributed by atoms with E-state index < -0.39 is 33.6 Å². The zero-order valence-corrected chi connectivity index (χ0v) is 19.3. The molecule has 2 atom stereocenters. The Bertz CT molecular complexity index is 1380. The first kappa shape index (κ1) is 23.7. The largest absolute Gasteiger partial charge is 0.434 e. The van der Waals surface area contributed by atoms with E-state index in [4.69, 9.17) is 16.0 Å². The van der Waals surface area contributed by atoms with Crippen molar-refractivity contribution >= 4 is 21.6 Å². The Kier molecular flexibility index (Phi) is 6.55. The maximum Gasteiger partial charge on any atom is 0.434 e. The minimum absolute atomic E-state index is 0.155. The summed E-state index contributed by atoms with van der Waals surface area (Å²) in [5, 5.41) is 15.5. The van der Waals surface area contributed by atoms with Gasteiger partial charge in [0.05, 0.1) is 5.56 Å². The number of benzene rings is 2. The summed E-state index contributed by atoms with van der Waals surface area (Å²) in [5.41, 5.74) is 1.55. The maximum absolute atomic E-state index is 14.9. The minimum atomic E-state index is -4.31. The summed E-state index contributed by atoms with van der Waals surface area (Å²) < 4.78 is 47.9. The second-order valence-corrected chi connectivity index (χ2v) is 9.76. The van der Waals surface area contributed by atoms with Gasteiger partial charge in [-0.25, -0.2) is 22.7 Å². The topological polar surface area (TPSA) is 120 Å². The smallest absolute Gasteiger partial charge is 0.391 e. The Morgan fingerprint density at radius 1 is 1.28 bits per heavy atom. The number of hydrogen-bond acceptors (Lipinski definition) is 6. The second-order valence-electron chi connectivity index (χ2n) is 7.36. The molecule has 0 aliphatic carbocycles. The average Bonchev–Trinajstić information content (AvgIpc) is 3.16. The Labute approximate surface area is 189 Å². The van der Waals surface area contributed by atoms with Crippen LogP contribution in [0, 0.1) is 31.0 Å². The highest BCUT2D eigenvalue weighted by atomic mass is 35.5. The number of nitrogens with one attached hydrogen (secondary N) is 1. The van der Waals surface area contributed by atoms with Crippen LogP contribution in [-0.4, -0.2) is 30.0 Å². The van der Waals surface area contributed by atoms with E-state index >= 15 is 0 Å². The van der Waals surface area contributed by atoms with E-state index in [0.717, 1.165) is 9.87 Å². The molecule has 32 heavy (non-hydrogen) atoms. The Morgan fingerprint density at radius 2 is 1.97 bits per heavy atom. The lowest BCUT2D eigenvalue weighted by molar-refractivity contribution is 0.269. The van der Waals surface area contributed by atoms with Gasteiger partial charge in [0.2, 0.25) is 15.9 Å². The molecule has 11 heteroatoms. The molecule has 3 aromatic rings. The summed E-state index contributed by atoms with van der Waals surface area (Å²) in [7, 11) is -3.06. The van der Waals surface area contributed by atoms with Gasteiger partial charge in [0, 0.05) is 18.0 Å². The normalized spacial score (nSPS) is 13.7. The van der Waals surface area contributed by atoms with Crippen molar-refractivity contribution in [3.8, 4) is 6.07 Å². The quantitative estimate of drug-likeness (QED) is 0.575. The molecule has 1 heterocycles. The minimum Gasteiger partial charge on any atom is -0.391 e. The molecule has 2 aromatic carbocycles. The van der Waals surface area contributed by atoms with Gasteiger partial charge >= 0.3 is 5.76 Å². The Hall–Kier alpha value is -3.00. The number of H-pyrrole nitrogens is 1. The van der Waals surface area contributed by atoms with Crippen molar-refractivity contribution < 1.29 is 17.2 Å². The van der Waals surface area contributed by atoms with Crippen LogP contribution in [0.5, 0.6) is 0 Å². The molecule has 0 aliphatic heterocycles. The monoisotopic (exact) mass is 478 g/mol. The van der Waals surface area contributed by atoms with Crippen molar-refractivity contribution in [2.45, 2.75) is 37.6 Å². The number of aromatic amines is 1. The van der Waals surface area contributed by atoms with E-state index in [-0.39, 0.29) is 26.9 Å². The SMILES string of the molecule is Cc1ccc(F)c([C@@H](C)[C@@H](c2n[nH]c(=O)o2)N(C)S(=O)(=O)c2ccc(Cl)cc2C#N)c1C.